The number of hydrogen-bond acceptors (Lipinski definition) is 6. The van der Waals surface area contributed by atoms with Gasteiger partial charge in [-0.3, -0.25) is 9.59 Å². The molecule has 2 heterocycles. The van der Waals surface area contributed by atoms with Crippen molar-refractivity contribution in [1.82, 2.24) is 14.6 Å². The van der Waals surface area contributed by atoms with Crippen LogP contribution in [0.5, 0.6) is 0 Å². The molecule has 0 radical (unpaired) electrons. The van der Waals surface area contributed by atoms with Gasteiger partial charge in [0.05, 0.1) is 11.4 Å². The van der Waals surface area contributed by atoms with E-state index >= 15 is 0 Å². The Balaban J connectivity index is 1.49. The Morgan fingerprint density at radius 1 is 1.12 bits per heavy atom. The topological polar surface area (TPSA) is 76.4 Å². The van der Waals surface area contributed by atoms with Crippen LogP contribution in [0.3, 0.4) is 0 Å². The van der Waals surface area contributed by atoms with Gasteiger partial charge in [0, 0.05) is 22.3 Å². The Hall–Kier alpha value is -2.97. The number of anilines is 1. The molecule has 4 rings (SSSR count). The maximum Gasteiger partial charge on any atom is 0.275 e. The summed E-state index contributed by atoms with van der Waals surface area (Å²) in [7, 11) is 0. The Labute approximate surface area is 194 Å². The summed E-state index contributed by atoms with van der Waals surface area (Å²) in [6.45, 7) is 8.29. The van der Waals surface area contributed by atoms with Gasteiger partial charge in [0.25, 0.3) is 11.5 Å². The molecule has 0 bridgehead atoms. The molecule has 6 nitrogen and oxygen atoms in total. The van der Waals surface area contributed by atoms with E-state index in [0.29, 0.717) is 22.0 Å². The predicted octanol–water partition coefficient (Wildman–Crippen LogP) is 5.30. The Morgan fingerprint density at radius 3 is 2.56 bits per heavy atom. The van der Waals surface area contributed by atoms with Gasteiger partial charge in [0.1, 0.15) is 5.01 Å². The van der Waals surface area contributed by atoms with Gasteiger partial charge in [-0.05, 0) is 42.2 Å². The number of aryl methyl sites for hydroxylation is 1. The molecule has 32 heavy (non-hydrogen) atoms. The van der Waals surface area contributed by atoms with Crippen molar-refractivity contribution in [1.29, 1.82) is 0 Å². The number of benzene rings is 2. The molecule has 2 aromatic carbocycles. The molecule has 8 heteroatoms. The van der Waals surface area contributed by atoms with E-state index in [1.54, 1.807) is 0 Å². The fourth-order valence-corrected chi connectivity index (χ4v) is 4.86. The maximum atomic E-state index is 12.8. The molecule has 2 aromatic heterocycles. The van der Waals surface area contributed by atoms with Crippen LogP contribution in [-0.2, 0) is 11.2 Å². The third kappa shape index (κ3) is 4.92. The van der Waals surface area contributed by atoms with Gasteiger partial charge in [-0.1, -0.05) is 56.4 Å². The van der Waals surface area contributed by atoms with Gasteiger partial charge >= 0.3 is 0 Å². The van der Waals surface area contributed by atoms with Crippen molar-refractivity contribution in [3.05, 3.63) is 86.8 Å². The zero-order valence-corrected chi connectivity index (χ0v) is 20.0. The maximum absolute atomic E-state index is 12.8. The number of nitrogens with one attached hydrogen (secondary N) is 1. The molecule has 1 amide bonds. The molecular formula is C24H24N4O2S2. The normalized spacial score (nSPS) is 11.6. The van der Waals surface area contributed by atoms with Crippen LogP contribution in [0.4, 0.5) is 5.69 Å². The smallest absolute Gasteiger partial charge is 0.275 e. The van der Waals surface area contributed by atoms with Crippen molar-refractivity contribution in [2.45, 2.75) is 43.8 Å². The molecule has 0 saturated carbocycles. The standard InChI is InChI=1S/C24H24N4O2S2/c1-15-27-28-21(29)13-18(25-23(28)32-15)14-31-20-8-6-5-7-19(20)26-22(30)16-9-11-17(12-10-16)24(2,3)4/h5-13H,14H2,1-4H3,(H,26,30). The molecule has 1 N–H and O–H groups in total. The van der Waals surface area contributed by atoms with E-state index in [1.165, 1.54) is 39.2 Å². The lowest BCUT2D eigenvalue weighted by atomic mass is 9.87. The van der Waals surface area contributed by atoms with Crippen LogP contribution in [0.1, 0.15) is 47.4 Å². The van der Waals surface area contributed by atoms with E-state index in [0.717, 1.165) is 15.6 Å². The van der Waals surface area contributed by atoms with E-state index in [9.17, 15) is 9.59 Å². The quantitative estimate of drug-likeness (QED) is 0.406. The van der Waals surface area contributed by atoms with Crippen molar-refractivity contribution >= 4 is 39.7 Å². The molecule has 4 aromatic rings. The second kappa shape index (κ2) is 8.88. The van der Waals surface area contributed by atoms with E-state index in [2.05, 4.69) is 36.2 Å². The average Bonchev–Trinajstić information content (AvgIpc) is 3.13. The van der Waals surface area contributed by atoms with Crippen LogP contribution in [0, 0.1) is 6.92 Å². The number of nitrogens with zero attached hydrogens (tertiary/aromatic N) is 3. The number of fused-ring (bicyclic) bond motifs is 1. The molecule has 0 atom stereocenters. The van der Waals surface area contributed by atoms with Crippen LogP contribution in [0.2, 0.25) is 0 Å². The molecule has 164 valence electrons. The average molecular weight is 465 g/mol. The van der Waals surface area contributed by atoms with Gasteiger partial charge in [-0.2, -0.15) is 9.61 Å². The first-order chi connectivity index (χ1) is 15.2. The molecule has 0 aliphatic carbocycles. The first-order valence-corrected chi connectivity index (χ1v) is 12.0. The summed E-state index contributed by atoms with van der Waals surface area (Å²) in [6, 6.07) is 16.9. The highest BCUT2D eigenvalue weighted by Crippen LogP contribution is 2.30. The Kier molecular flexibility index (Phi) is 6.17. The fourth-order valence-electron chi connectivity index (χ4n) is 3.19. The number of hydrogen-bond donors (Lipinski definition) is 1. The summed E-state index contributed by atoms with van der Waals surface area (Å²) in [6.07, 6.45) is 0. The van der Waals surface area contributed by atoms with E-state index in [4.69, 9.17) is 0 Å². The number of thioether (sulfide) groups is 1. The van der Waals surface area contributed by atoms with E-state index in [-0.39, 0.29) is 16.9 Å². The van der Waals surface area contributed by atoms with Gasteiger partial charge in [0.15, 0.2) is 0 Å². The third-order valence-corrected chi connectivity index (χ3v) is 6.85. The van der Waals surface area contributed by atoms with Crippen molar-refractivity contribution in [3.8, 4) is 0 Å². The molecule has 0 spiro atoms. The number of amides is 1. The minimum Gasteiger partial charge on any atom is -0.321 e. The fraction of sp³-hybridized carbons (Fsp3) is 0.250. The zero-order valence-electron chi connectivity index (χ0n) is 18.4. The van der Waals surface area contributed by atoms with Crippen molar-refractivity contribution < 1.29 is 4.79 Å². The van der Waals surface area contributed by atoms with Gasteiger partial charge in [-0.25, -0.2) is 4.98 Å². The SMILES string of the molecule is Cc1nn2c(=O)cc(CSc3ccccc3NC(=O)c3ccc(C(C)(C)C)cc3)nc2s1. The van der Waals surface area contributed by atoms with Crippen LogP contribution in [-0.4, -0.2) is 20.5 Å². The third-order valence-electron chi connectivity index (χ3n) is 4.92. The Morgan fingerprint density at radius 2 is 1.84 bits per heavy atom. The van der Waals surface area contributed by atoms with Crippen LogP contribution < -0.4 is 10.9 Å². The lowest BCUT2D eigenvalue weighted by Gasteiger charge is -2.19. The second-order valence-electron chi connectivity index (χ2n) is 8.47. The predicted molar refractivity (Wildman–Crippen MR) is 131 cm³/mol. The van der Waals surface area contributed by atoms with Crippen molar-refractivity contribution in [2.75, 3.05) is 5.32 Å². The first kappa shape index (κ1) is 22.2. The second-order valence-corrected chi connectivity index (χ2v) is 10.6. The summed E-state index contributed by atoms with van der Waals surface area (Å²) in [5, 5.41) is 7.98. The molecule has 0 fully saturated rings. The zero-order chi connectivity index (χ0) is 22.9. The summed E-state index contributed by atoms with van der Waals surface area (Å²) in [5.74, 6) is 0.354. The molecule has 0 aliphatic rings. The lowest BCUT2D eigenvalue weighted by molar-refractivity contribution is 0.102. The van der Waals surface area contributed by atoms with Crippen LogP contribution >= 0.6 is 23.1 Å². The highest BCUT2D eigenvalue weighted by atomic mass is 32.2. The Bertz CT molecular complexity index is 1330. The lowest BCUT2D eigenvalue weighted by Crippen LogP contribution is -2.15. The monoisotopic (exact) mass is 464 g/mol. The number of carbonyl (C=O) groups excluding carboxylic acids is 1. The largest absolute Gasteiger partial charge is 0.321 e. The van der Waals surface area contributed by atoms with Crippen molar-refractivity contribution in [2.24, 2.45) is 0 Å². The molecule has 0 saturated heterocycles. The van der Waals surface area contributed by atoms with Crippen LogP contribution in [0.25, 0.3) is 4.96 Å². The van der Waals surface area contributed by atoms with Gasteiger partial charge < -0.3 is 5.32 Å². The first-order valence-electron chi connectivity index (χ1n) is 10.2. The van der Waals surface area contributed by atoms with Crippen LogP contribution in [0.15, 0.2) is 64.3 Å². The number of carbonyl (C=O) groups is 1. The number of para-hydroxylation sites is 1. The minimum atomic E-state index is -0.185. The molecule has 0 unspecified atom stereocenters. The van der Waals surface area contributed by atoms with E-state index in [1.807, 2.05) is 55.5 Å². The molecule has 0 aliphatic heterocycles. The highest BCUT2D eigenvalue weighted by Gasteiger charge is 2.15. The minimum absolute atomic E-state index is 0.0373. The number of rotatable bonds is 5. The van der Waals surface area contributed by atoms with Gasteiger partial charge in [-0.15, -0.1) is 11.8 Å². The molecular weight excluding hydrogens is 440 g/mol. The summed E-state index contributed by atoms with van der Waals surface area (Å²) in [4.78, 5) is 31.1. The summed E-state index contributed by atoms with van der Waals surface area (Å²) >= 11 is 2.91. The number of aromatic nitrogens is 3. The van der Waals surface area contributed by atoms with Crippen molar-refractivity contribution in [3.63, 3.8) is 0 Å². The summed E-state index contributed by atoms with van der Waals surface area (Å²) in [5.41, 5.74) is 3.06. The summed E-state index contributed by atoms with van der Waals surface area (Å²) < 4.78 is 1.33. The van der Waals surface area contributed by atoms with E-state index < -0.39 is 0 Å². The van der Waals surface area contributed by atoms with Gasteiger partial charge in [0.2, 0.25) is 4.96 Å². The highest BCUT2D eigenvalue weighted by molar-refractivity contribution is 7.98.